The molecule has 1 amide bonds. The van der Waals surface area contributed by atoms with Gasteiger partial charge in [-0.25, -0.2) is 0 Å². The van der Waals surface area contributed by atoms with Crippen LogP contribution in [0.4, 0.5) is 5.69 Å². The van der Waals surface area contributed by atoms with E-state index < -0.39 is 5.91 Å². The van der Waals surface area contributed by atoms with Gasteiger partial charge in [0, 0.05) is 44.3 Å². The Balaban J connectivity index is 1.67. The Morgan fingerprint density at radius 3 is 2.50 bits per heavy atom. The molecule has 0 atom stereocenters. The SMILES string of the molecule is CN(C)c1ccc(-c2noc(C(=O)NCc3ccncc3)n2)cc1. The van der Waals surface area contributed by atoms with Gasteiger partial charge in [0.05, 0.1) is 0 Å². The molecule has 7 nitrogen and oxygen atoms in total. The largest absolute Gasteiger partial charge is 0.378 e. The van der Waals surface area contributed by atoms with Crippen LogP contribution in [-0.2, 0) is 6.54 Å². The van der Waals surface area contributed by atoms with Crippen molar-refractivity contribution in [2.45, 2.75) is 6.54 Å². The summed E-state index contributed by atoms with van der Waals surface area (Å²) < 4.78 is 5.05. The fourth-order valence-corrected chi connectivity index (χ4v) is 2.10. The summed E-state index contributed by atoms with van der Waals surface area (Å²) in [4.78, 5) is 22.2. The Bertz CT molecular complexity index is 813. The third kappa shape index (κ3) is 3.57. The van der Waals surface area contributed by atoms with E-state index in [4.69, 9.17) is 4.52 Å². The zero-order chi connectivity index (χ0) is 16.9. The van der Waals surface area contributed by atoms with Crippen LogP contribution in [0.15, 0.2) is 53.3 Å². The molecule has 7 heteroatoms. The number of benzene rings is 1. The topological polar surface area (TPSA) is 84.2 Å². The van der Waals surface area contributed by atoms with E-state index >= 15 is 0 Å². The van der Waals surface area contributed by atoms with Crippen molar-refractivity contribution in [2.24, 2.45) is 0 Å². The van der Waals surface area contributed by atoms with E-state index in [2.05, 4.69) is 20.4 Å². The summed E-state index contributed by atoms with van der Waals surface area (Å²) in [5.74, 6) is -0.0828. The number of nitrogens with zero attached hydrogens (tertiary/aromatic N) is 4. The molecule has 122 valence electrons. The van der Waals surface area contributed by atoms with E-state index in [1.807, 2.05) is 55.4 Å². The molecule has 0 unspecified atom stereocenters. The molecule has 1 N–H and O–H groups in total. The van der Waals surface area contributed by atoms with Crippen LogP contribution in [0.3, 0.4) is 0 Å². The van der Waals surface area contributed by atoms with Crippen LogP contribution in [0.1, 0.15) is 16.2 Å². The number of rotatable bonds is 5. The number of anilines is 1. The second-order valence-corrected chi connectivity index (χ2v) is 5.40. The van der Waals surface area contributed by atoms with Crippen LogP contribution in [-0.4, -0.2) is 35.1 Å². The lowest BCUT2D eigenvalue weighted by molar-refractivity contribution is 0.0907. The summed E-state index contributed by atoms with van der Waals surface area (Å²) in [6.07, 6.45) is 3.34. The molecule has 3 aromatic rings. The minimum absolute atomic E-state index is 0.0595. The van der Waals surface area contributed by atoms with Gasteiger partial charge in [0.2, 0.25) is 5.82 Å². The third-order valence-electron chi connectivity index (χ3n) is 3.46. The Hall–Kier alpha value is -3.22. The Morgan fingerprint density at radius 1 is 1.12 bits per heavy atom. The third-order valence-corrected chi connectivity index (χ3v) is 3.46. The number of hydrogen-bond acceptors (Lipinski definition) is 6. The van der Waals surface area contributed by atoms with Gasteiger partial charge in [0.1, 0.15) is 0 Å². The highest BCUT2D eigenvalue weighted by atomic mass is 16.5. The quantitative estimate of drug-likeness (QED) is 0.774. The predicted octanol–water partition coefficient (Wildman–Crippen LogP) is 2.13. The number of carbonyl (C=O) groups excluding carboxylic acids is 1. The van der Waals surface area contributed by atoms with Gasteiger partial charge in [-0.3, -0.25) is 9.78 Å². The molecule has 0 saturated carbocycles. The van der Waals surface area contributed by atoms with Gasteiger partial charge in [-0.15, -0.1) is 0 Å². The van der Waals surface area contributed by atoms with Crippen molar-refractivity contribution >= 4 is 11.6 Å². The van der Waals surface area contributed by atoms with E-state index in [-0.39, 0.29) is 5.89 Å². The monoisotopic (exact) mass is 323 g/mol. The standard InChI is InChI=1S/C17H17N5O2/c1-22(2)14-5-3-13(4-6-14)15-20-17(24-21-15)16(23)19-11-12-7-9-18-10-8-12/h3-10H,11H2,1-2H3,(H,19,23). The minimum Gasteiger partial charge on any atom is -0.378 e. The first-order valence-corrected chi connectivity index (χ1v) is 7.42. The summed E-state index contributed by atoms with van der Waals surface area (Å²) in [6, 6.07) is 11.3. The molecule has 3 rings (SSSR count). The van der Waals surface area contributed by atoms with Gasteiger partial charge in [-0.2, -0.15) is 4.98 Å². The first-order valence-electron chi connectivity index (χ1n) is 7.42. The van der Waals surface area contributed by atoms with Gasteiger partial charge in [0.25, 0.3) is 0 Å². The minimum atomic E-state index is -0.407. The van der Waals surface area contributed by atoms with Crippen molar-refractivity contribution < 1.29 is 9.32 Å². The van der Waals surface area contributed by atoms with Gasteiger partial charge >= 0.3 is 11.8 Å². The van der Waals surface area contributed by atoms with Crippen LogP contribution in [0, 0.1) is 0 Å². The molecule has 2 heterocycles. The zero-order valence-electron chi connectivity index (χ0n) is 13.4. The van der Waals surface area contributed by atoms with Gasteiger partial charge in [-0.05, 0) is 42.0 Å². The number of carbonyl (C=O) groups is 1. The first kappa shape index (κ1) is 15.7. The maximum atomic E-state index is 12.1. The van der Waals surface area contributed by atoms with Crippen LogP contribution >= 0.6 is 0 Å². The van der Waals surface area contributed by atoms with Crippen molar-refractivity contribution in [3.63, 3.8) is 0 Å². The normalized spacial score (nSPS) is 10.4. The Labute approximate surface area is 139 Å². The van der Waals surface area contributed by atoms with E-state index in [1.54, 1.807) is 12.4 Å². The van der Waals surface area contributed by atoms with Crippen LogP contribution in [0.5, 0.6) is 0 Å². The van der Waals surface area contributed by atoms with Crippen molar-refractivity contribution in [3.8, 4) is 11.4 Å². The van der Waals surface area contributed by atoms with Gasteiger partial charge in [-0.1, -0.05) is 5.16 Å². The van der Waals surface area contributed by atoms with Gasteiger partial charge in [0.15, 0.2) is 0 Å². The molecule has 0 saturated heterocycles. The summed E-state index contributed by atoms with van der Waals surface area (Å²) in [5.41, 5.74) is 2.80. The lowest BCUT2D eigenvalue weighted by atomic mass is 10.2. The molecule has 0 fully saturated rings. The first-order chi connectivity index (χ1) is 11.6. The highest BCUT2D eigenvalue weighted by molar-refractivity contribution is 5.89. The van der Waals surface area contributed by atoms with E-state index in [1.165, 1.54) is 0 Å². The highest BCUT2D eigenvalue weighted by Gasteiger charge is 2.15. The summed E-state index contributed by atoms with van der Waals surface area (Å²) in [7, 11) is 3.93. The fraction of sp³-hybridized carbons (Fsp3) is 0.176. The second-order valence-electron chi connectivity index (χ2n) is 5.40. The molecule has 0 aliphatic heterocycles. The number of pyridine rings is 1. The lowest BCUT2D eigenvalue weighted by Gasteiger charge is -2.11. The van der Waals surface area contributed by atoms with E-state index in [0.29, 0.717) is 12.4 Å². The van der Waals surface area contributed by atoms with Crippen LogP contribution in [0.25, 0.3) is 11.4 Å². The molecular weight excluding hydrogens is 306 g/mol. The smallest absolute Gasteiger partial charge is 0.316 e. The van der Waals surface area contributed by atoms with Crippen molar-refractivity contribution in [1.82, 2.24) is 20.4 Å². The number of aromatic nitrogens is 3. The van der Waals surface area contributed by atoms with Crippen molar-refractivity contribution in [1.29, 1.82) is 0 Å². The second kappa shape index (κ2) is 6.91. The summed E-state index contributed by atoms with van der Waals surface area (Å²) in [5, 5.41) is 6.60. The molecule has 0 aliphatic carbocycles. The van der Waals surface area contributed by atoms with Crippen LogP contribution < -0.4 is 10.2 Å². The average Bonchev–Trinajstić information content (AvgIpc) is 3.11. The number of amides is 1. The lowest BCUT2D eigenvalue weighted by Crippen LogP contribution is -2.23. The zero-order valence-corrected chi connectivity index (χ0v) is 13.4. The number of nitrogens with one attached hydrogen (secondary N) is 1. The van der Waals surface area contributed by atoms with Gasteiger partial charge < -0.3 is 14.7 Å². The molecule has 0 spiro atoms. The van der Waals surface area contributed by atoms with Crippen molar-refractivity contribution in [3.05, 3.63) is 60.2 Å². The van der Waals surface area contributed by atoms with Crippen molar-refractivity contribution in [2.75, 3.05) is 19.0 Å². The summed E-state index contributed by atoms with van der Waals surface area (Å²) in [6.45, 7) is 0.372. The molecule has 0 radical (unpaired) electrons. The van der Waals surface area contributed by atoms with E-state index in [9.17, 15) is 4.79 Å². The Morgan fingerprint density at radius 2 is 1.83 bits per heavy atom. The molecule has 24 heavy (non-hydrogen) atoms. The molecule has 1 aromatic carbocycles. The number of hydrogen-bond donors (Lipinski definition) is 1. The Kier molecular flexibility index (Phi) is 4.51. The van der Waals surface area contributed by atoms with E-state index in [0.717, 1.165) is 16.8 Å². The average molecular weight is 323 g/mol. The highest BCUT2D eigenvalue weighted by Crippen LogP contribution is 2.19. The molecule has 2 aromatic heterocycles. The molecular formula is C17H17N5O2. The summed E-state index contributed by atoms with van der Waals surface area (Å²) >= 11 is 0. The van der Waals surface area contributed by atoms with Crippen LogP contribution in [0.2, 0.25) is 0 Å². The fourth-order valence-electron chi connectivity index (χ4n) is 2.10. The molecule has 0 aliphatic rings. The maximum Gasteiger partial charge on any atom is 0.316 e. The maximum absolute atomic E-state index is 12.1. The molecule has 0 bridgehead atoms. The predicted molar refractivity (Wildman–Crippen MR) is 89.5 cm³/mol.